The van der Waals surface area contributed by atoms with Crippen molar-refractivity contribution in [2.75, 3.05) is 5.32 Å². The van der Waals surface area contributed by atoms with E-state index < -0.39 is 35.8 Å². The molecule has 1 rings (SSSR count). The third kappa shape index (κ3) is 3.47. The molecule has 2 amide bonds. The first-order valence-corrected chi connectivity index (χ1v) is 4.43. The Labute approximate surface area is 97.5 Å². The topological polar surface area (TPSA) is 64.4 Å². The summed E-state index contributed by atoms with van der Waals surface area (Å²) in [6.45, 7) is 0. The molecule has 0 aliphatic heterocycles. The average molecular weight is 270 g/mol. The van der Waals surface area contributed by atoms with Gasteiger partial charge < -0.3 is 15.8 Å². The number of benzene rings is 1. The lowest BCUT2D eigenvalue weighted by Gasteiger charge is -2.19. The molecule has 0 radical (unpaired) electrons. The molecule has 4 nitrogen and oxygen atoms in total. The zero-order valence-corrected chi connectivity index (χ0v) is 8.59. The Morgan fingerprint density at radius 2 is 2.00 bits per heavy atom. The van der Waals surface area contributed by atoms with Gasteiger partial charge in [0.25, 0.3) is 0 Å². The van der Waals surface area contributed by atoms with E-state index in [2.05, 4.69) is 4.74 Å². The summed E-state index contributed by atoms with van der Waals surface area (Å²) in [4.78, 5) is 10.5. The molecule has 0 spiro atoms. The van der Waals surface area contributed by atoms with Crippen LogP contribution >= 0.6 is 0 Å². The highest BCUT2D eigenvalue weighted by atomic mass is 19.3. The predicted molar refractivity (Wildman–Crippen MR) is 51.2 cm³/mol. The first-order chi connectivity index (χ1) is 8.22. The maximum atomic E-state index is 12.8. The molecule has 0 fully saturated rings. The van der Waals surface area contributed by atoms with Crippen LogP contribution in [0.1, 0.15) is 0 Å². The minimum atomic E-state index is -4.82. The molecule has 18 heavy (non-hydrogen) atoms. The van der Waals surface area contributed by atoms with Gasteiger partial charge in [-0.2, -0.15) is 17.6 Å². The zero-order valence-electron chi connectivity index (χ0n) is 8.59. The smallest absolute Gasteiger partial charge is 0.426 e. The number of carbonyl (C=O) groups excluding carboxylic acids is 1. The van der Waals surface area contributed by atoms with Crippen LogP contribution in [0.3, 0.4) is 0 Å². The van der Waals surface area contributed by atoms with Crippen LogP contribution in [0.15, 0.2) is 18.2 Å². The highest BCUT2D eigenvalue weighted by Gasteiger charge is 2.44. The van der Waals surface area contributed by atoms with Crippen molar-refractivity contribution in [3.05, 3.63) is 24.0 Å². The summed E-state index contributed by atoms with van der Waals surface area (Å²) in [5, 5.41) is 1.83. The van der Waals surface area contributed by atoms with Gasteiger partial charge in [0.05, 0.1) is 5.69 Å². The second-order valence-corrected chi connectivity index (χ2v) is 3.09. The van der Waals surface area contributed by atoms with Crippen molar-refractivity contribution in [1.29, 1.82) is 0 Å². The largest absolute Gasteiger partial charge is 0.461 e. The Balaban J connectivity index is 3.06. The lowest BCUT2D eigenvalue weighted by atomic mass is 10.3. The number of nitrogens with one attached hydrogen (secondary N) is 1. The Bertz CT molecular complexity index is 453. The summed E-state index contributed by atoms with van der Waals surface area (Å²) in [5.74, 6) is -1.97. The minimum Gasteiger partial charge on any atom is -0.426 e. The van der Waals surface area contributed by atoms with E-state index in [1.165, 1.54) is 0 Å². The number of primary amides is 1. The van der Waals surface area contributed by atoms with E-state index in [4.69, 9.17) is 5.73 Å². The fraction of sp³-hybridized carbons (Fsp3) is 0.222. The first kappa shape index (κ1) is 14.0. The highest BCUT2D eigenvalue weighted by Crippen LogP contribution is 2.33. The molecule has 100 valence electrons. The van der Waals surface area contributed by atoms with E-state index in [0.29, 0.717) is 6.07 Å². The van der Waals surface area contributed by atoms with Gasteiger partial charge in [-0.3, -0.25) is 0 Å². The number of hydrogen-bond acceptors (Lipinski definition) is 2. The van der Waals surface area contributed by atoms with E-state index >= 15 is 0 Å². The molecule has 3 N–H and O–H groups in total. The molecule has 1 aromatic rings. The van der Waals surface area contributed by atoms with Gasteiger partial charge >= 0.3 is 18.6 Å². The molecule has 0 atom stereocenters. The Kier molecular flexibility index (Phi) is 3.94. The number of alkyl halides is 4. The summed E-state index contributed by atoms with van der Waals surface area (Å²) in [6.07, 6.45) is -8.93. The van der Waals surface area contributed by atoms with Gasteiger partial charge in [0, 0.05) is 6.07 Å². The first-order valence-electron chi connectivity index (χ1n) is 4.43. The highest BCUT2D eigenvalue weighted by molar-refractivity contribution is 5.89. The number of nitrogens with two attached hydrogens (primary N) is 1. The zero-order chi connectivity index (χ0) is 13.9. The van der Waals surface area contributed by atoms with Crippen LogP contribution in [0, 0.1) is 5.82 Å². The third-order valence-electron chi connectivity index (χ3n) is 1.70. The standard InChI is InChI=1S/C9H7F5N2O2/c10-4-1-2-5(16-8(15)17)6(3-4)18-9(13,14)7(11)12/h1-3,7H,(H3,15,16,17). The van der Waals surface area contributed by atoms with Crippen LogP contribution in [0.2, 0.25) is 0 Å². The predicted octanol–water partition coefficient (Wildman–Crippen LogP) is 2.55. The third-order valence-corrected chi connectivity index (χ3v) is 1.70. The molecular weight excluding hydrogens is 263 g/mol. The fourth-order valence-corrected chi connectivity index (χ4v) is 1.01. The number of ether oxygens (including phenoxy) is 1. The van der Waals surface area contributed by atoms with Crippen LogP contribution in [-0.2, 0) is 0 Å². The van der Waals surface area contributed by atoms with Gasteiger partial charge in [-0.1, -0.05) is 0 Å². The van der Waals surface area contributed by atoms with Crippen molar-refractivity contribution in [3.63, 3.8) is 0 Å². The molecule has 9 heteroatoms. The van der Waals surface area contributed by atoms with Crippen LogP contribution in [0.4, 0.5) is 32.4 Å². The average Bonchev–Trinajstić information content (AvgIpc) is 2.21. The van der Waals surface area contributed by atoms with E-state index in [1.54, 1.807) is 0 Å². The van der Waals surface area contributed by atoms with E-state index in [0.717, 1.165) is 12.1 Å². The molecule has 0 aromatic heterocycles. The maximum absolute atomic E-state index is 12.8. The number of rotatable bonds is 4. The monoisotopic (exact) mass is 270 g/mol. The summed E-state index contributed by atoms with van der Waals surface area (Å²) in [6, 6.07) is 0.920. The van der Waals surface area contributed by atoms with Gasteiger partial charge in [0.1, 0.15) is 5.82 Å². The number of carbonyl (C=O) groups is 1. The van der Waals surface area contributed by atoms with Crippen molar-refractivity contribution < 1.29 is 31.5 Å². The van der Waals surface area contributed by atoms with Crippen molar-refractivity contribution in [2.24, 2.45) is 5.73 Å². The van der Waals surface area contributed by atoms with Crippen LogP contribution in [-0.4, -0.2) is 18.6 Å². The van der Waals surface area contributed by atoms with Gasteiger partial charge in [-0.05, 0) is 12.1 Å². The van der Waals surface area contributed by atoms with Crippen LogP contribution < -0.4 is 15.8 Å². The lowest BCUT2D eigenvalue weighted by molar-refractivity contribution is -0.253. The molecule has 0 saturated heterocycles. The number of urea groups is 1. The van der Waals surface area contributed by atoms with Crippen LogP contribution in [0.25, 0.3) is 0 Å². The summed E-state index contributed by atoms with van der Waals surface area (Å²) < 4.78 is 65.6. The second-order valence-electron chi connectivity index (χ2n) is 3.09. The Morgan fingerprint density at radius 1 is 1.39 bits per heavy atom. The fourth-order valence-electron chi connectivity index (χ4n) is 1.01. The van der Waals surface area contributed by atoms with Gasteiger partial charge in [0.2, 0.25) is 0 Å². The molecule has 1 aromatic carbocycles. The van der Waals surface area contributed by atoms with E-state index in [9.17, 15) is 26.7 Å². The normalized spacial score (nSPS) is 11.4. The molecule has 0 saturated carbocycles. The SMILES string of the molecule is NC(=O)Nc1ccc(F)cc1OC(F)(F)C(F)F. The number of amides is 2. The second kappa shape index (κ2) is 5.07. The lowest BCUT2D eigenvalue weighted by Crippen LogP contribution is -2.34. The Hall–Kier alpha value is -2.06. The molecule has 0 unspecified atom stereocenters. The van der Waals surface area contributed by atoms with Crippen molar-refractivity contribution in [2.45, 2.75) is 12.5 Å². The van der Waals surface area contributed by atoms with Crippen molar-refractivity contribution in [3.8, 4) is 5.75 Å². The molecule has 0 aliphatic carbocycles. The number of hydrogen-bond donors (Lipinski definition) is 2. The number of halogens is 5. The number of anilines is 1. The van der Waals surface area contributed by atoms with Crippen molar-refractivity contribution >= 4 is 11.7 Å². The summed E-state index contributed by atoms with van der Waals surface area (Å²) in [7, 11) is 0. The Morgan fingerprint density at radius 3 is 2.50 bits per heavy atom. The molecule has 0 bridgehead atoms. The van der Waals surface area contributed by atoms with Gasteiger partial charge in [-0.25, -0.2) is 9.18 Å². The summed E-state index contributed by atoms with van der Waals surface area (Å²) in [5.41, 5.74) is 4.27. The van der Waals surface area contributed by atoms with Crippen LogP contribution in [0.5, 0.6) is 5.75 Å². The molecule has 0 heterocycles. The molecular formula is C9H7F5N2O2. The maximum Gasteiger partial charge on any atom is 0.461 e. The van der Waals surface area contributed by atoms with Gasteiger partial charge in [0.15, 0.2) is 5.75 Å². The minimum absolute atomic E-state index is 0.418. The quantitative estimate of drug-likeness (QED) is 0.826. The van der Waals surface area contributed by atoms with E-state index in [1.807, 2.05) is 5.32 Å². The van der Waals surface area contributed by atoms with Crippen molar-refractivity contribution in [1.82, 2.24) is 0 Å². The van der Waals surface area contributed by atoms with Gasteiger partial charge in [-0.15, -0.1) is 0 Å². The van der Waals surface area contributed by atoms with E-state index in [-0.39, 0.29) is 0 Å². The molecule has 0 aliphatic rings. The summed E-state index contributed by atoms with van der Waals surface area (Å²) >= 11 is 0.